The van der Waals surface area contributed by atoms with Crippen LogP contribution in [-0.2, 0) is 13.6 Å². The Morgan fingerprint density at radius 3 is 2.67 bits per heavy atom. The highest BCUT2D eigenvalue weighted by Gasteiger charge is 2.20. The van der Waals surface area contributed by atoms with Crippen molar-refractivity contribution in [3.63, 3.8) is 0 Å². The molecular weight excluding hydrogens is 264 g/mol. The lowest BCUT2D eigenvalue weighted by Gasteiger charge is -2.27. The quantitative estimate of drug-likeness (QED) is 0.881. The van der Waals surface area contributed by atoms with Crippen molar-refractivity contribution in [2.24, 2.45) is 12.8 Å². The summed E-state index contributed by atoms with van der Waals surface area (Å²) < 4.78 is 7.30. The molecule has 0 bridgehead atoms. The average molecular weight is 288 g/mol. The fraction of sp³-hybridized carbons (Fsp3) is 0.438. The van der Waals surface area contributed by atoms with E-state index in [1.54, 1.807) is 7.11 Å². The molecule has 0 amide bonds. The molecule has 0 radical (unpaired) electrons. The van der Waals surface area contributed by atoms with Crippen molar-refractivity contribution in [1.82, 2.24) is 14.7 Å². The largest absolute Gasteiger partial charge is 0.496 e. The van der Waals surface area contributed by atoms with E-state index in [1.165, 1.54) is 5.56 Å². The molecule has 0 spiro atoms. The van der Waals surface area contributed by atoms with E-state index in [1.807, 2.05) is 36.1 Å². The number of nitrogens with zero attached hydrogens (tertiary/aromatic N) is 3. The van der Waals surface area contributed by atoms with E-state index in [-0.39, 0.29) is 6.04 Å². The molecule has 1 aromatic carbocycles. The van der Waals surface area contributed by atoms with Crippen molar-refractivity contribution >= 4 is 0 Å². The summed E-state index contributed by atoms with van der Waals surface area (Å²) >= 11 is 0. The Bertz CT molecular complexity index is 594. The van der Waals surface area contributed by atoms with Crippen LogP contribution in [0.25, 0.3) is 0 Å². The maximum atomic E-state index is 6.00. The zero-order valence-corrected chi connectivity index (χ0v) is 13.2. The van der Waals surface area contributed by atoms with E-state index in [2.05, 4.69) is 30.0 Å². The number of aromatic nitrogens is 2. The number of methoxy groups -OCH3 is 1. The third-order valence-electron chi connectivity index (χ3n) is 4.00. The van der Waals surface area contributed by atoms with Crippen LogP contribution >= 0.6 is 0 Å². The average Bonchev–Trinajstić information content (AvgIpc) is 2.81. The van der Waals surface area contributed by atoms with E-state index in [4.69, 9.17) is 10.5 Å². The van der Waals surface area contributed by atoms with Gasteiger partial charge in [-0.2, -0.15) is 5.10 Å². The minimum absolute atomic E-state index is 0.142. The fourth-order valence-corrected chi connectivity index (χ4v) is 2.60. The summed E-state index contributed by atoms with van der Waals surface area (Å²) in [6, 6.07) is 8.21. The van der Waals surface area contributed by atoms with Crippen LogP contribution in [0.1, 0.15) is 22.9 Å². The van der Waals surface area contributed by atoms with Gasteiger partial charge in [-0.3, -0.25) is 9.58 Å². The maximum Gasteiger partial charge on any atom is 0.123 e. The normalized spacial score (nSPS) is 12.7. The van der Waals surface area contributed by atoms with Crippen molar-refractivity contribution in [2.75, 3.05) is 20.7 Å². The summed E-state index contributed by atoms with van der Waals surface area (Å²) in [5, 5.41) is 4.32. The smallest absolute Gasteiger partial charge is 0.123 e. The Labute approximate surface area is 126 Å². The number of hydrogen-bond donors (Lipinski definition) is 1. The summed E-state index contributed by atoms with van der Waals surface area (Å²) in [5.41, 5.74) is 9.48. The molecule has 2 aromatic rings. The van der Waals surface area contributed by atoms with Crippen molar-refractivity contribution in [2.45, 2.75) is 19.5 Å². The number of rotatable bonds is 6. The number of aryl methyl sites for hydroxylation is 1. The third-order valence-corrected chi connectivity index (χ3v) is 4.00. The second-order valence-electron chi connectivity index (χ2n) is 5.29. The van der Waals surface area contributed by atoms with Gasteiger partial charge in [-0.1, -0.05) is 18.2 Å². The molecule has 0 aliphatic rings. The van der Waals surface area contributed by atoms with Gasteiger partial charge in [-0.15, -0.1) is 0 Å². The first-order valence-electron chi connectivity index (χ1n) is 7.09. The van der Waals surface area contributed by atoms with Gasteiger partial charge >= 0.3 is 0 Å². The van der Waals surface area contributed by atoms with Crippen LogP contribution in [0.5, 0.6) is 5.75 Å². The topological polar surface area (TPSA) is 56.3 Å². The van der Waals surface area contributed by atoms with Gasteiger partial charge < -0.3 is 10.5 Å². The van der Waals surface area contributed by atoms with Gasteiger partial charge in [0, 0.05) is 37.0 Å². The summed E-state index contributed by atoms with van der Waals surface area (Å²) in [4.78, 5) is 2.24. The highest BCUT2D eigenvalue weighted by molar-refractivity contribution is 5.33. The lowest BCUT2D eigenvalue weighted by molar-refractivity contribution is 0.237. The van der Waals surface area contributed by atoms with Gasteiger partial charge in [0.2, 0.25) is 0 Å². The Hall–Kier alpha value is -1.85. The van der Waals surface area contributed by atoms with Gasteiger partial charge in [0.1, 0.15) is 5.75 Å². The molecule has 5 nitrogen and oxygen atoms in total. The number of ether oxygens (including phenoxy) is 1. The number of hydrogen-bond acceptors (Lipinski definition) is 4. The van der Waals surface area contributed by atoms with Crippen LogP contribution in [0.4, 0.5) is 0 Å². The van der Waals surface area contributed by atoms with Gasteiger partial charge in [-0.05, 0) is 20.0 Å². The second-order valence-corrected chi connectivity index (χ2v) is 5.29. The van der Waals surface area contributed by atoms with E-state index >= 15 is 0 Å². The molecule has 2 N–H and O–H groups in total. The first-order valence-corrected chi connectivity index (χ1v) is 7.09. The zero-order valence-electron chi connectivity index (χ0n) is 13.2. The molecule has 21 heavy (non-hydrogen) atoms. The highest BCUT2D eigenvalue weighted by Crippen LogP contribution is 2.25. The molecule has 0 fully saturated rings. The SMILES string of the molecule is COc1ccccc1CN(C)C(CN)c1cnn(C)c1C. The molecular formula is C16H24N4O. The molecule has 5 heteroatoms. The fourth-order valence-electron chi connectivity index (χ4n) is 2.60. The summed E-state index contributed by atoms with van der Waals surface area (Å²) in [6.45, 7) is 3.40. The van der Waals surface area contributed by atoms with Gasteiger partial charge in [0.05, 0.1) is 19.3 Å². The maximum absolute atomic E-state index is 6.00. The van der Waals surface area contributed by atoms with Crippen molar-refractivity contribution < 1.29 is 4.74 Å². The minimum Gasteiger partial charge on any atom is -0.496 e. The van der Waals surface area contributed by atoms with Crippen LogP contribution in [0.3, 0.4) is 0 Å². The van der Waals surface area contributed by atoms with Crippen molar-refractivity contribution in [3.8, 4) is 5.75 Å². The predicted octanol–water partition coefficient (Wildman–Crippen LogP) is 1.87. The number of likely N-dealkylation sites (N-methyl/N-ethyl adjacent to an activating group) is 1. The molecule has 1 atom stereocenters. The van der Waals surface area contributed by atoms with Crippen LogP contribution in [0, 0.1) is 6.92 Å². The first-order chi connectivity index (χ1) is 10.1. The van der Waals surface area contributed by atoms with Gasteiger partial charge in [0.15, 0.2) is 0 Å². The molecule has 0 saturated carbocycles. The van der Waals surface area contributed by atoms with Crippen molar-refractivity contribution in [1.29, 1.82) is 0 Å². The molecule has 0 saturated heterocycles. The standard InChI is InChI=1S/C16H24N4O/c1-12-14(10-18-20(12)3)15(9-17)19(2)11-13-7-5-6-8-16(13)21-4/h5-8,10,15H,9,11,17H2,1-4H3. The third kappa shape index (κ3) is 3.25. The molecule has 114 valence electrons. The van der Waals surface area contributed by atoms with Gasteiger partial charge in [-0.25, -0.2) is 0 Å². The number of nitrogens with two attached hydrogens (primary N) is 1. The molecule has 0 aliphatic carbocycles. The minimum atomic E-state index is 0.142. The first kappa shape index (κ1) is 15.5. The Kier molecular flexibility index (Phi) is 4.98. The van der Waals surface area contributed by atoms with Crippen molar-refractivity contribution in [3.05, 3.63) is 47.3 Å². The number of benzene rings is 1. The lowest BCUT2D eigenvalue weighted by Crippen LogP contribution is -2.30. The Balaban J connectivity index is 2.21. The van der Waals surface area contributed by atoms with E-state index in [9.17, 15) is 0 Å². The summed E-state index contributed by atoms with van der Waals surface area (Å²) in [7, 11) is 5.73. The zero-order chi connectivity index (χ0) is 15.4. The van der Waals surface area contributed by atoms with E-state index in [0.717, 1.165) is 23.6 Å². The van der Waals surface area contributed by atoms with Crippen LogP contribution in [0.2, 0.25) is 0 Å². The predicted molar refractivity (Wildman–Crippen MR) is 84.2 cm³/mol. The highest BCUT2D eigenvalue weighted by atomic mass is 16.5. The molecule has 1 aromatic heterocycles. The Morgan fingerprint density at radius 2 is 2.10 bits per heavy atom. The van der Waals surface area contributed by atoms with Crippen LogP contribution < -0.4 is 10.5 Å². The van der Waals surface area contributed by atoms with Gasteiger partial charge in [0.25, 0.3) is 0 Å². The van der Waals surface area contributed by atoms with E-state index < -0.39 is 0 Å². The molecule has 2 rings (SSSR count). The monoisotopic (exact) mass is 288 g/mol. The summed E-state index contributed by atoms with van der Waals surface area (Å²) in [6.07, 6.45) is 1.91. The van der Waals surface area contributed by atoms with Crippen LogP contribution in [0.15, 0.2) is 30.5 Å². The molecule has 1 unspecified atom stereocenters. The second kappa shape index (κ2) is 6.74. The van der Waals surface area contributed by atoms with E-state index in [0.29, 0.717) is 6.54 Å². The number of para-hydroxylation sites is 1. The van der Waals surface area contributed by atoms with Crippen LogP contribution in [-0.4, -0.2) is 35.4 Å². The molecule has 0 aliphatic heterocycles. The Morgan fingerprint density at radius 1 is 1.38 bits per heavy atom. The lowest BCUT2D eigenvalue weighted by atomic mass is 10.1. The molecule has 1 heterocycles. The summed E-state index contributed by atoms with van der Waals surface area (Å²) in [5.74, 6) is 0.906.